The second kappa shape index (κ2) is 7.17. The molecule has 0 spiro atoms. The highest BCUT2D eigenvalue weighted by molar-refractivity contribution is 6.35. The molecule has 27 heavy (non-hydrogen) atoms. The summed E-state index contributed by atoms with van der Waals surface area (Å²) < 4.78 is 16.2. The largest absolute Gasteiger partial charge is 0.486 e. The van der Waals surface area contributed by atoms with Gasteiger partial charge in [0.1, 0.15) is 13.2 Å². The van der Waals surface area contributed by atoms with Crippen LogP contribution in [0.5, 0.6) is 11.5 Å². The molecule has 4 rings (SSSR count). The van der Waals surface area contributed by atoms with Crippen molar-refractivity contribution in [1.82, 2.24) is 0 Å². The number of benzene rings is 2. The summed E-state index contributed by atoms with van der Waals surface area (Å²) in [7, 11) is 0. The minimum atomic E-state index is -0.482. The average molecular weight is 384 g/mol. The van der Waals surface area contributed by atoms with Crippen LogP contribution in [-0.4, -0.2) is 24.9 Å². The molecule has 0 bridgehead atoms. The number of anilines is 1. The smallest absolute Gasteiger partial charge is 0.291 e. The van der Waals surface area contributed by atoms with E-state index in [1.165, 1.54) is 12.3 Å². The minimum Gasteiger partial charge on any atom is -0.486 e. The Balaban J connectivity index is 1.77. The molecule has 0 unspecified atom stereocenters. The standard InChI is InChI=1S/C20H14ClNO5/c21-14-5-2-1-4-12(14)19(23)13-10-17-18(27-9-8-26-17)11-15(13)22-20(24)16-6-3-7-25-16/h1-7,10-11H,8-9H2,(H,22,24). The third-order valence-corrected chi connectivity index (χ3v) is 4.37. The van der Waals surface area contributed by atoms with Gasteiger partial charge in [0.05, 0.1) is 22.5 Å². The van der Waals surface area contributed by atoms with Crippen molar-refractivity contribution in [2.45, 2.75) is 0 Å². The summed E-state index contributed by atoms with van der Waals surface area (Å²) in [5, 5.41) is 3.02. The van der Waals surface area contributed by atoms with Crippen molar-refractivity contribution in [3.63, 3.8) is 0 Å². The first-order valence-electron chi connectivity index (χ1n) is 8.21. The maximum atomic E-state index is 13.1. The van der Waals surface area contributed by atoms with E-state index in [2.05, 4.69) is 5.32 Å². The quantitative estimate of drug-likeness (QED) is 0.683. The van der Waals surface area contributed by atoms with Crippen LogP contribution in [0, 0.1) is 0 Å². The van der Waals surface area contributed by atoms with Gasteiger partial charge >= 0.3 is 0 Å². The molecule has 0 saturated heterocycles. The van der Waals surface area contributed by atoms with E-state index in [1.807, 2.05) is 0 Å². The lowest BCUT2D eigenvalue weighted by atomic mass is 10.0. The monoisotopic (exact) mass is 383 g/mol. The lowest BCUT2D eigenvalue weighted by Gasteiger charge is -2.21. The number of rotatable bonds is 4. The summed E-state index contributed by atoms with van der Waals surface area (Å²) in [5.74, 6) is 0.192. The number of hydrogen-bond donors (Lipinski definition) is 1. The molecular formula is C20H14ClNO5. The molecule has 7 heteroatoms. The first-order chi connectivity index (χ1) is 13.1. The number of furan rings is 1. The molecule has 1 amide bonds. The van der Waals surface area contributed by atoms with Gasteiger partial charge in [-0.3, -0.25) is 9.59 Å². The molecule has 1 aliphatic rings. The number of hydrogen-bond acceptors (Lipinski definition) is 5. The van der Waals surface area contributed by atoms with E-state index in [1.54, 1.807) is 42.5 Å². The third-order valence-electron chi connectivity index (χ3n) is 4.04. The molecule has 0 atom stereocenters. The van der Waals surface area contributed by atoms with Crippen LogP contribution in [-0.2, 0) is 0 Å². The van der Waals surface area contributed by atoms with Crippen molar-refractivity contribution in [3.05, 3.63) is 76.7 Å². The third kappa shape index (κ3) is 3.39. The molecule has 1 N–H and O–H groups in total. The number of nitrogens with one attached hydrogen (secondary N) is 1. The molecule has 3 aromatic rings. The van der Waals surface area contributed by atoms with Crippen LogP contribution in [0.25, 0.3) is 0 Å². The molecule has 6 nitrogen and oxygen atoms in total. The van der Waals surface area contributed by atoms with Gasteiger partial charge in [-0.05, 0) is 30.3 Å². The van der Waals surface area contributed by atoms with Crippen molar-refractivity contribution in [1.29, 1.82) is 0 Å². The minimum absolute atomic E-state index is 0.126. The second-order valence-corrected chi connectivity index (χ2v) is 6.19. The van der Waals surface area contributed by atoms with Crippen molar-refractivity contribution >= 4 is 29.0 Å². The molecule has 2 aromatic carbocycles. The van der Waals surface area contributed by atoms with Crippen LogP contribution in [0.15, 0.2) is 59.2 Å². The van der Waals surface area contributed by atoms with Gasteiger partial charge in [-0.15, -0.1) is 0 Å². The van der Waals surface area contributed by atoms with E-state index in [0.717, 1.165) is 0 Å². The van der Waals surface area contributed by atoms with Crippen LogP contribution in [0.1, 0.15) is 26.5 Å². The summed E-state index contributed by atoms with van der Waals surface area (Å²) >= 11 is 6.17. The number of halogens is 1. The Hall–Kier alpha value is -3.25. The van der Waals surface area contributed by atoms with Crippen LogP contribution in [0.2, 0.25) is 5.02 Å². The molecule has 0 saturated carbocycles. The summed E-state index contributed by atoms with van der Waals surface area (Å²) in [6, 6.07) is 13.0. The van der Waals surface area contributed by atoms with E-state index in [4.69, 9.17) is 25.5 Å². The number of ketones is 1. The average Bonchev–Trinajstić information content (AvgIpc) is 3.22. The van der Waals surface area contributed by atoms with E-state index in [-0.39, 0.29) is 22.8 Å². The van der Waals surface area contributed by atoms with Gasteiger partial charge in [-0.2, -0.15) is 0 Å². The van der Waals surface area contributed by atoms with E-state index < -0.39 is 5.91 Å². The molecule has 1 aliphatic heterocycles. The van der Waals surface area contributed by atoms with E-state index in [9.17, 15) is 9.59 Å². The fraction of sp³-hybridized carbons (Fsp3) is 0.100. The molecule has 1 aromatic heterocycles. The predicted octanol–water partition coefficient (Wildman–Crippen LogP) is 4.19. The Morgan fingerprint density at radius 3 is 2.37 bits per heavy atom. The van der Waals surface area contributed by atoms with Gasteiger partial charge in [0.15, 0.2) is 23.0 Å². The number of carbonyl (C=O) groups is 2. The first-order valence-corrected chi connectivity index (χ1v) is 8.59. The highest BCUT2D eigenvalue weighted by Crippen LogP contribution is 2.37. The van der Waals surface area contributed by atoms with Crippen LogP contribution >= 0.6 is 11.6 Å². The van der Waals surface area contributed by atoms with Gasteiger partial charge in [-0.1, -0.05) is 23.7 Å². The summed E-state index contributed by atoms with van der Waals surface area (Å²) in [6.45, 7) is 0.765. The summed E-state index contributed by atoms with van der Waals surface area (Å²) in [5.41, 5.74) is 0.849. The zero-order chi connectivity index (χ0) is 18.8. The zero-order valence-corrected chi connectivity index (χ0v) is 14.8. The van der Waals surface area contributed by atoms with Crippen LogP contribution < -0.4 is 14.8 Å². The number of ether oxygens (including phenoxy) is 2. The van der Waals surface area contributed by atoms with E-state index >= 15 is 0 Å². The number of amides is 1. The summed E-state index contributed by atoms with van der Waals surface area (Å²) in [4.78, 5) is 25.5. The Bertz CT molecular complexity index is 1010. The Kier molecular flexibility index (Phi) is 4.56. The Morgan fingerprint density at radius 1 is 0.926 bits per heavy atom. The van der Waals surface area contributed by atoms with Crippen molar-refractivity contribution < 1.29 is 23.5 Å². The molecule has 136 valence electrons. The lowest BCUT2D eigenvalue weighted by Crippen LogP contribution is -2.19. The SMILES string of the molecule is O=C(Nc1cc2c(cc1C(=O)c1ccccc1Cl)OCCO2)c1ccco1. The van der Waals surface area contributed by atoms with Crippen LogP contribution in [0.3, 0.4) is 0 Å². The normalized spacial score (nSPS) is 12.5. The van der Waals surface area contributed by atoms with Crippen molar-refractivity contribution in [3.8, 4) is 11.5 Å². The molecule has 2 heterocycles. The molecule has 0 aliphatic carbocycles. The fourth-order valence-corrected chi connectivity index (χ4v) is 2.98. The Labute approximate surface area is 159 Å². The lowest BCUT2D eigenvalue weighted by molar-refractivity contribution is 0.0996. The van der Waals surface area contributed by atoms with Crippen molar-refractivity contribution in [2.24, 2.45) is 0 Å². The van der Waals surface area contributed by atoms with Crippen LogP contribution in [0.4, 0.5) is 5.69 Å². The van der Waals surface area contributed by atoms with Gasteiger partial charge < -0.3 is 19.2 Å². The Morgan fingerprint density at radius 2 is 1.67 bits per heavy atom. The maximum Gasteiger partial charge on any atom is 0.291 e. The van der Waals surface area contributed by atoms with E-state index in [0.29, 0.717) is 35.3 Å². The van der Waals surface area contributed by atoms with Crippen molar-refractivity contribution in [2.75, 3.05) is 18.5 Å². The molecule has 0 radical (unpaired) electrons. The molecular weight excluding hydrogens is 370 g/mol. The van der Waals surface area contributed by atoms with Gasteiger partial charge in [0, 0.05) is 11.6 Å². The number of carbonyl (C=O) groups excluding carboxylic acids is 2. The second-order valence-electron chi connectivity index (χ2n) is 5.78. The summed E-state index contributed by atoms with van der Waals surface area (Å²) in [6.07, 6.45) is 1.40. The first kappa shape index (κ1) is 17.2. The topological polar surface area (TPSA) is 77.8 Å². The highest BCUT2D eigenvalue weighted by Gasteiger charge is 2.23. The zero-order valence-electron chi connectivity index (χ0n) is 14.0. The maximum absolute atomic E-state index is 13.1. The fourth-order valence-electron chi connectivity index (χ4n) is 2.76. The highest BCUT2D eigenvalue weighted by atomic mass is 35.5. The van der Waals surface area contributed by atoms with Gasteiger partial charge in [0.2, 0.25) is 0 Å². The van der Waals surface area contributed by atoms with Gasteiger partial charge in [-0.25, -0.2) is 0 Å². The van der Waals surface area contributed by atoms with Gasteiger partial charge in [0.25, 0.3) is 5.91 Å². The predicted molar refractivity (Wildman–Crippen MR) is 99.0 cm³/mol. The number of fused-ring (bicyclic) bond motifs is 1. The molecule has 0 fully saturated rings.